The Hall–Kier alpha value is -2.16. The molecule has 0 aliphatic heterocycles. The van der Waals surface area contributed by atoms with Gasteiger partial charge in [0.15, 0.2) is 0 Å². The first-order valence-electron chi connectivity index (χ1n) is 11.0. The van der Waals surface area contributed by atoms with Crippen LogP contribution in [0.25, 0.3) is 0 Å². The van der Waals surface area contributed by atoms with E-state index in [-0.39, 0.29) is 11.6 Å². The molecule has 3 aromatic rings. The van der Waals surface area contributed by atoms with Crippen molar-refractivity contribution in [2.75, 3.05) is 14.1 Å². The van der Waals surface area contributed by atoms with E-state index in [1.807, 2.05) is 38.4 Å². The number of carbonyl (C=O) groups is 2. The van der Waals surface area contributed by atoms with Crippen LogP contribution in [0, 0.1) is 6.92 Å². The summed E-state index contributed by atoms with van der Waals surface area (Å²) in [4.78, 5) is 23.4. The molecule has 0 saturated carbocycles. The topological polar surface area (TPSA) is 46.2 Å². The number of hydrogen-bond donors (Lipinski definition) is 1. The van der Waals surface area contributed by atoms with Crippen LogP contribution in [-0.4, -0.2) is 47.4 Å². The van der Waals surface area contributed by atoms with E-state index in [0.717, 1.165) is 24.0 Å². The zero-order valence-electron chi connectivity index (χ0n) is 20.0. The van der Waals surface area contributed by atoms with E-state index in [1.54, 1.807) is 13.8 Å². The molecule has 0 amide bonds. The molecule has 4 heteroatoms. The van der Waals surface area contributed by atoms with Crippen molar-refractivity contribution in [1.29, 1.82) is 0 Å². The van der Waals surface area contributed by atoms with Gasteiger partial charge in [0.1, 0.15) is 0 Å². The van der Waals surface area contributed by atoms with E-state index in [1.165, 1.54) is 20.9 Å². The van der Waals surface area contributed by atoms with Gasteiger partial charge in [-0.1, -0.05) is 0 Å². The first kappa shape index (κ1) is 26.1. The summed E-state index contributed by atoms with van der Waals surface area (Å²) in [5.74, 6) is 0.182. The predicted octanol–water partition coefficient (Wildman–Crippen LogP) is 3.70. The maximum Gasteiger partial charge on any atom is -0.0167 e. The van der Waals surface area contributed by atoms with Gasteiger partial charge in [-0.15, -0.1) is 0 Å². The van der Waals surface area contributed by atoms with Crippen LogP contribution in [0.1, 0.15) is 59.0 Å². The maximum absolute atomic E-state index is 11.7. The van der Waals surface area contributed by atoms with E-state index in [0.29, 0.717) is 0 Å². The monoisotopic (exact) mass is 625 g/mol. The molecule has 168 valence electrons. The second-order valence-corrected chi connectivity index (χ2v) is 16.4. The first-order chi connectivity index (χ1) is 15.3. The molecule has 0 aromatic heterocycles. The number of rotatable bonds is 7. The van der Waals surface area contributed by atoms with Gasteiger partial charge in [0.05, 0.1) is 0 Å². The van der Waals surface area contributed by atoms with Crippen LogP contribution >= 0.6 is 0 Å². The van der Waals surface area contributed by atoms with Gasteiger partial charge in [-0.3, -0.25) is 0 Å². The molecule has 0 bridgehead atoms. The van der Waals surface area contributed by atoms with Crippen LogP contribution in [-0.2, 0) is 6.42 Å². The normalized spacial score (nSPS) is 10.5. The molecule has 0 spiro atoms. The smallest absolute Gasteiger partial charge is 0.0167 e. The van der Waals surface area contributed by atoms with Crippen molar-refractivity contribution in [3.8, 4) is 0 Å². The molecular formula is C28H34BiNO2. The third-order valence-electron chi connectivity index (χ3n) is 5.10. The van der Waals surface area contributed by atoms with E-state index < -0.39 is 21.8 Å². The molecule has 0 aliphatic rings. The standard InChI is InChI=1S/C10H13.2C8H7O.C2H7N.Bi/c1-3-5-10-7-4-6-9(2)8-10;2*1-7(9)8-5-3-2-4-6-8;1-3-2;/h4,7-8H,3,5H2,1-2H3;2*3-6H,1H3;3H,1-2H3;. The quantitative estimate of drug-likeness (QED) is 0.322. The van der Waals surface area contributed by atoms with Gasteiger partial charge in [-0.25, -0.2) is 0 Å². The molecule has 32 heavy (non-hydrogen) atoms. The summed E-state index contributed by atoms with van der Waals surface area (Å²) in [7, 11) is 3.75. The van der Waals surface area contributed by atoms with Gasteiger partial charge in [-0.05, 0) is 14.1 Å². The number of aryl methyl sites for hydroxylation is 2. The van der Waals surface area contributed by atoms with Crippen molar-refractivity contribution in [1.82, 2.24) is 5.32 Å². The van der Waals surface area contributed by atoms with Crippen molar-refractivity contribution in [3.05, 3.63) is 89.0 Å². The molecule has 0 fully saturated rings. The van der Waals surface area contributed by atoms with Crippen molar-refractivity contribution < 1.29 is 9.59 Å². The summed E-state index contributed by atoms with van der Waals surface area (Å²) in [5.41, 5.74) is 4.23. The molecule has 0 unspecified atom stereocenters. The SMILES string of the molecule is CCCc1cc[c]([Bi]([c]2ccc(C(C)=O)cc2)[c]2ccc(C(C)=O)cc2)c(C)c1.CNC. The van der Waals surface area contributed by atoms with Gasteiger partial charge in [0.2, 0.25) is 0 Å². The zero-order chi connectivity index (χ0) is 23.7. The van der Waals surface area contributed by atoms with Crippen molar-refractivity contribution in [2.45, 2.75) is 40.5 Å². The van der Waals surface area contributed by atoms with Crippen LogP contribution in [0.4, 0.5) is 0 Å². The molecule has 0 heterocycles. The van der Waals surface area contributed by atoms with Gasteiger partial charge in [0, 0.05) is 0 Å². The minimum atomic E-state index is -2.54. The Morgan fingerprint density at radius 3 is 1.56 bits per heavy atom. The molecule has 3 aromatic carbocycles. The molecule has 0 saturated heterocycles. The van der Waals surface area contributed by atoms with Gasteiger partial charge in [0.25, 0.3) is 0 Å². The van der Waals surface area contributed by atoms with Crippen LogP contribution in [0.5, 0.6) is 0 Å². The van der Waals surface area contributed by atoms with Crippen LogP contribution < -0.4 is 15.1 Å². The number of Topliss-reactive ketones (excluding diaryl/α,β-unsaturated/α-hetero) is 2. The molecule has 3 nitrogen and oxygen atoms in total. The van der Waals surface area contributed by atoms with Gasteiger partial charge in [-0.2, -0.15) is 0 Å². The number of carbonyl (C=O) groups excluding carboxylic acids is 2. The Kier molecular flexibility index (Phi) is 10.4. The Morgan fingerprint density at radius 1 is 0.781 bits per heavy atom. The Labute approximate surface area is 200 Å². The van der Waals surface area contributed by atoms with E-state index >= 15 is 0 Å². The second-order valence-electron chi connectivity index (χ2n) is 7.91. The summed E-state index contributed by atoms with van der Waals surface area (Å²) in [6.07, 6.45) is 2.24. The zero-order valence-corrected chi connectivity index (χ0v) is 23.5. The Morgan fingerprint density at radius 2 is 1.22 bits per heavy atom. The summed E-state index contributed by atoms with van der Waals surface area (Å²) in [6, 6.07) is 23.2. The summed E-state index contributed by atoms with van der Waals surface area (Å²) >= 11 is -2.54. The minimum absolute atomic E-state index is 0.0912. The Bertz CT molecular complexity index is 983. The molecule has 0 aliphatic carbocycles. The number of benzene rings is 3. The maximum atomic E-state index is 11.7. The minimum Gasteiger partial charge on any atom is -0.323 e. The van der Waals surface area contributed by atoms with Gasteiger partial charge < -0.3 is 5.32 Å². The van der Waals surface area contributed by atoms with Crippen LogP contribution in [0.15, 0.2) is 66.7 Å². The molecule has 1 N–H and O–H groups in total. The summed E-state index contributed by atoms with van der Waals surface area (Å²) in [5, 5.41) is 2.75. The molecule has 0 radical (unpaired) electrons. The van der Waals surface area contributed by atoms with Crippen LogP contribution in [0.2, 0.25) is 0 Å². The average Bonchev–Trinajstić information content (AvgIpc) is 2.77. The first-order valence-corrected chi connectivity index (χ1v) is 16.2. The number of hydrogen-bond acceptors (Lipinski definition) is 3. The Balaban J connectivity index is 0.00000114. The summed E-state index contributed by atoms with van der Waals surface area (Å²) < 4.78 is 4.13. The van der Waals surface area contributed by atoms with Crippen molar-refractivity contribution >= 4 is 43.1 Å². The van der Waals surface area contributed by atoms with Gasteiger partial charge >= 0.3 is 182 Å². The van der Waals surface area contributed by atoms with Crippen molar-refractivity contribution in [2.24, 2.45) is 0 Å². The van der Waals surface area contributed by atoms with E-state index in [9.17, 15) is 9.59 Å². The molecular weight excluding hydrogens is 591 g/mol. The molecule has 0 atom stereocenters. The van der Waals surface area contributed by atoms with E-state index in [4.69, 9.17) is 0 Å². The second kappa shape index (κ2) is 12.8. The largest absolute Gasteiger partial charge is 0.323 e. The average molecular weight is 626 g/mol. The molecule has 3 rings (SSSR count). The fourth-order valence-electron chi connectivity index (χ4n) is 3.53. The van der Waals surface area contributed by atoms with Crippen LogP contribution in [0.3, 0.4) is 0 Å². The fourth-order valence-corrected chi connectivity index (χ4v) is 12.8. The summed E-state index contributed by atoms with van der Waals surface area (Å²) in [6.45, 7) is 7.63. The number of nitrogens with one attached hydrogen (secondary N) is 1. The third-order valence-corrected chi connectivity index (χ3v) is 15.3. The number of ketones is 2. The fraction of sp³-hybridized carbons (Fsp3) is 0.286. The van der Waals surface area contributed by atoms with Crippen molar-refractivity contribution in [3.63, 3.8) is 0 Å². The van der Waals surface area contributed by atoms with E-state index in [2.05, 4.69) is 61.6 Å². The predicted molar refractivity (Wildman–Crippen MR) is 138 cm³/mol. The third kappa shape index (κ3) is 6.92.